The molecule has 6 aromatic carbocycles. The van der Waals surface area contributed by atoms with Crippen molar-refractivity contribution in [2.75, 3.05) is 22.9 Å². The highest BCUT2D eigenvalue weighted by Crippen LogP contribution is 2.40. The molecule has 0 aromatic heterocycles. The molecule has 60 heavy (non-hydrogen) atoms. The van der Waals surface area contributed by atoms with Crippen LogP contribution in [0.25, 0.3) is 0 Å². The van der Waals surface area contributed by atoms with Crippen LogP contribution in [0.2, 0.25) is 0 Å². The van der Waals surface area contributed by atoms with E-state index in [4.69, 9.17) is 10.3 Å². The Morgan fingerprint density at radius 3 is 1.63 bits per heavy atom. The summed E-state index contributed by atoms with van der Waals surface area (Å²) in [5.41, 5.74) is 9.42. The standard InChI is InChI=1S/C26H26N2O.C12H15NO.C8H7N.C6H5Br.CH4/c1-19-13-15-22(16-14-19)28-18-17-26(3,25(28)29)24(23-12-8-7-9-20(23)2)27-21-10-5-4-6-11-21;1-9-3-5-11(6-4-9)13-8-7-10(2)12(13)14;1-7-4-2-3-5-8(7)6-9;7-6-4-2-1-3-5-6;/h4-16H,17-18H2,1-3H3;3-6,10H,7-8H2,1-2H3;2-5H,1H3;1-5H;1H4/t26-;;;;/m0..../s1. The van der Waals surface area contributed by atoms with Crippen LogP contribution in [0.4, 0.5) is 17.1 Å². The van der Waals surface area contributed by atoms with Gasteiger partial charge in [-0.2, -0.15) is 5.26 Å². The summed E-state index contributed by atoms with van der Waals surface area (Å²) in [6.45, 7) is 13.7. The molecule has 0 aliphatic carbocycles. The Morgan fingerprint density at radius 1 is 0.667 bits per heavy atom. The molecular formula is C53H57BrN4O2. The second kappa shape index (κ2) is 22.3. The number of carbonyl (C=O) groups excluding carboxylic acids is 2. The van der Waals surface area contributed by atoms with Gasteiger partial charge in [-0.15, -0.1) is 0 Å². The number of nitriles is 1. The summed E-state index contributed by atoms with van der Waals surface area (Å²) in [5.74, 6) is 0.560. The maximum atomic E-state index is 13.7. The Bertz CT molecular complexity index is 2370. The molecule has 0 N–H and O–H groups in total. The Morgan fingerprint density at radius 2 is 1.17 bits per heavy atom. The molecule has 2 aliphatic heterocycles. The highest BCUT2D eigenvalue weighted by molar-refractivity contribution is 9.10. The molecule has 0 saturated carbocycles. The van der Waals surface area contributed by atoms with E-state index in [1.165, 1.54) is 11.1 Å². The summed E-state index contributed by atoms with van der Waals surface area (Å²) in [6, 6.07) is 54.0. The smallest absolute Gasteiger partial charge is 0.239 e. The van der Waals surface area contributed by atoms with Gasteiger partial charge >= 0.3 is 0 Å². The lowest BCUT2D eigenvalue weighted by Gasteiger charge is -2.27. The molecule has 6 nitrogen and oxygen atoms in total. The van der Waals surface area contributed by atoms with Crippen molar-refractivity contribution in [2.24, 2.45) is 16.3 Å². The van der Waals surface area contributed by atoms with E-state index < -0.39 is 5.41 Å². The van der Waals surface area contributed by atoms with E-state index in [-0.39, 0.29) is 25.2 Å². The summed E-state index contributed by atoms with van der Waals surface area (Å²) in [7, 11) is 0. The predicted molar refractivity (Wildman–Crippen MR) is 254 cm³/mol. The van der Waals surface area contributed by atoms with Gasteiger partial charge in [0, 0.05) is 34.9 Å². The molecule has 308 valence electrons. The van der Waals surface area contributed by atoms with Crippen molar-refractivity contribution in [3.05, 3.63) is 196 Å². The van der Waals surface area contributed by atoms with Crippen LogP contribution in [0.5, 0.6) is 0 Å². The number of aliphatic imine (C=N–C) groups is 1. The molecule has 6 aromatic rings. The second-order valence-electron chi connectivity index (χ2n) is 15.2. The number of hydrogen-bond donors (Lipinski definition) is 0. The van der Waals surface area contributed by atoms with Crippen LogP contribution in [-0.4, -0.2) is 30.6 Å². The van der Waals surface area contributed by atoms with Crippen molar-refractivity contribution in [1.29, 1.82) is 5.26 Å². The highest BCUT2D eigenvalue weighted by atomic mass is 79.9. The summed E-state index contributed by atoms with van der Waals surface area (Å²) >= 11 is 3.31. The fraction of sp³-hybridized carbons (Fsp3) is 0.245. The van der Waals surface area contributed by atoms with Gasteiger partial charge in [-0.1, -0.05) is 145 Å². The molecule has 0 bridgehead atoms. The third kappa shape index (κ3) is 12.2. The number of hydrogen-bond acceptors (Lipinski definition) is 4. The second-order valence-corrected chi connectivity index (χ2v) is 16.1. The van der Waals surface area contributed by atoms with Crippen LogP contribution in [0.15, 0.2) is 167 Å². The van der Waals surface area contributed by atoms with E-state index in [0.717, 1.165) is 68.9 Å². The third-order valence-electron chi connectivity index (χ3n) is 10.6. The summed E-state index contributed by atoms with van der Waals surface area (Å²) in [5, 5.41) is 8.47. The van der Waals surface area contributed by atoms with E-state index in [1.807, 2.05) is 164 Å². The zero-order chi connectivity index (χ0) is 42.4. The molecule has 2 saturated heterocycles. The SMILES string of the molecule is Brc1ccccc1.C.Cc1ccc(N2CCC(C)C2=O)cc1.Cc1ccc(N2CC[C@@](C)(C(=Nc3ccccc3)c3ccccc3C)C2=O)cc1.Cc1ccccc1C#N. The molecule has 2 heterocycles. The first-order chi connectivity index (χ1) is 28.4. The van der Waals surface area contributed by atoms with Gasteiger partial charge in [-0.3, -0.25) is 14.6 Å². The van der Waals surface area contributed by atoms with Crippen LogP contribution in [0.1, 0.15) is 67.5 Å². The molecule has 0 radical (unpaired) electrons. The molecule has 0 spiro atoms. The van der Waals surface area contributed by atoms with Gasteiger partial charge in [0.1, 0.15) is 0 Å². The first-order valence-electron chi connectivity index (χ1n) is 20.0. The fourth-order valence-corrected chi connectivity index (χ4v) is 7.21. The predicted octanol–water partition coefficient (Wildman–Crippen LogP) is 13.2. The topological polar surface area (TPSA) is 76.8 Å². The zero-order valence-electron chi connectivity index (χ0n) is 34.9. The van der Waals surface area contributed by atoms with Crippen molar-refractivity contribution in [3.8, 4) is 6.07 Å². The summed E-state index contributed by atoms with van der Waals surface area (Å²) in [6.07, 6.45) is 1.71. The van der Waals surface area contributed by atoms with Crippen molar-refractivity contribution in [3.63, 3.8) is 0 Å². The number of rotatable bonds is 5. The zero-order valence-corrected chi connectivity index (χ0v) is 36.5. The first kappa shape index (κ1) is 46.6. The number of amides is 2. The van der Waals surface area contributed by atoms with Crippen LogP contribution in [0.3, 0.4) is 0 Å². The van der Waals surface area contributed by atoms with Gasteiger partial charge in [0.15, 0.2) is 0 Å². The van der Waals surface area contributed by atoms with Gasteiger partial charge in [-0.25, -0.2) is 0 Å². The molecule has 7 heteroatoms. The Kier molecular flexibility index (Phi) is 17.3. The summed E-state index contributed by atoms with van der Waals surface area (Å²) < 4.78 is 1.13. The lowest BCUT2D eigenvalue weighted by atomic mass is 9.78. The molecule has 2 atom stereocenters. The van der Waals surface area contributed by atoms with E-state index >= 15 is 0 Å². The number of para-hydroxylation sites is 1. The molecule has 2 amide bonds. The Labute approximate surface area is 366 Å². The number of nitrogens with zero attached hydrogens (tertiary/aromatic N) is 4. The average Bonchev–Trinajstić information content (AvgIpc) is 3.75. The van der Waals surface area contributed by atoms with Gasteiger partial charge in [0.25, 0.3) is 0 Å². The quantitative estimate of drug-likeness (QED) is 0.162. The normalized spacial score (nSPS) is 16.8. The van der Waals surface area contributed by atoms with Gasteiger partial charge in [-0.05, 0) is 119 Å². The fourth-order valence-electron chi connectivity index (χ4n) is 6.90. The van der Waals surface area contributed by atoms with Crippen molar-refractivity contribution >= 4 is 50.5 Å². The van der Waals surface area contributed by atoms with Gasteiger partial charge in [0.05, 0.1) is 28.4 Å². The monoisotopic (exact) mass is 860 g/mol. The minimum absolute atomic E-state index is 0. The van der Waals surface area contributed by atoms with Gasteiger partial charge in [0.2, 0.25) is 11.8 Å². The first-order valence-corrected chi connectivity index (χ1v) is 20.8. The van der Waals surface area contributed by atoms with Crippen LogP contribution >= 0.6 is 15.9 Å². The number of halogens is 1. The van der Waals surface area contributed by atoms with Crippen molar-refractivity contribution in [2.45, 2.75) is 61.8 Å². The van der Waals surface area contributed by atoms with Crippen molar-refractivity contribution in [1.82, 2.24) is 0 Å². The lowest BCUT2D eigenvalue weighted by Crippen LogP contribution is -2.39. The van der Waals surface area contributed by atoms with Crippen LogP contribution in [-0.2, 0) is 9.59 Å². The van der Waals surface area contributed by atoms with Gasteiger partial charge < -0.3 is 9.80 Å². The Hall–Kier alpha value is -6.10. The Balaban J connectivity index is 0.000000210. The van der Waals surface area contributed by atoms with Crippen molar-refractivity contribution < 1.29 is 9.59 Å². The number of carbonyl (C=O) groups is 2. The van der Waals surface area contributed by atoms with E-state index in [9.17, 15) is 9.59 Å². The summed E-state index contributed by atoms with van der Waals surface area (Å²) in [4.78, 5) is 34.2. The minimum Gasteiger partial charge on any atom is -0.312 e. The maximum absolute atomic E-state index is 13.7. The van der Waals surface area contributed by atoms with Crippen LogP contribution < -0.4 is 9.80 Å². The largest absolute Gasteiger partial charge is 0.312 e. The van der Waals surface area contributed by atoms with E-state index in [2.05, 4.69) is 67.0 Å². The molecule has 1 unspecified atom stereocenters. The lowest BCUT2D eigenvalue weighted by molar-refractivity contribution is -0.122. The molecule has 2 aliphatic rings. The van der Waals surface area contributed by atoms with E-state index in [0.29, 0.717) is 6.54 Å². The highest BCUT2D eigenvalue weighted by Gasteiger charge is 2.48. The van der Waals surface area contributed by atoms with E-state index in [1.54, 1.807) is 0 Å². The number of aryl methyl sites for hydroxylation is 4. The van der Waals surface area contributed by atoms with Crippen LogP contribution in [0, 0.1) is 50.4 Å². The minimum atomic E-state index is -0.674. The molecular weight excluding hydrogens is 805 g/mol. The third-order valence-corrected chi connectivity index (χ3v) is 11.2. The maximum Gasteiger partial charge on any atom is 0.239 e. The number of benzene rings is 6. The number of anilines is 2. The average molecular weight is 862 g/mol. The molecule has 8 rings (SSSR count). The molecule has 2 fully saturated rings.